The van der Waals surface area contributed by atoms with Crippen LogP contribution >= 0.6 is 0 Å². The second-order valence-electron chi connectivity index (χ2n) is 4.01. The van der Waals surface area contributed by atoms with Crippen LogP contribution in [0.15, 0.2) is 29.2 Å². The number of sulfone groups is 1. The van der Waals surface area contributed by atoms with Crippen LogP contribution in [0.1, 0.15) is 18.4 Å². The highest BCUT2D eigenvalue weighted by molar-refractivity contribution is 7.91. The minimum Gasteiger partial charge on any atom is -0.316 e. The van der Waals surface area contributed by atoms with Crippen molar-refractivity contribution in [2.75, 3.05) is 18.8 Å². The van der Waals surface area contributed by atoms with Crippen LogP contribution in [-0.2, 0) is 9.84 Å². The molecular weight excluding hydrogens is 260 g/mol. The van der Waals surface area contributed by atoms with E-state index in [9.17, 15) is 8.42 Å². The zero-order chi connectivity index (χ0) is 14.1. The molecule has 5 heteroatoms. The van der Waals surface area contributed by atoms with Gasteiger partial charge in [-0.3, -0.25) is 0 Å². The summed E-state index contributed by atoms with van der Waals surface area (Å²) in [5.41, 5.74) is 0.450. The topological polar surface area (TPSA) is 70.0 Å². The summed E-state index contributed by atoms with van der Waals surface area (Å²) in [7, 11) is -3.29. The fraction of sp³-hybridized carbons (Fsp3) is 0.357. The molecule has 0 aliphatic heterocycles. The molecule has 0 spiro atoms. The van der Waals surface area contributed by atoms with Crippen molar-refractivity contribution in [3.8, 4) is 18.4 Å². The van der Waals surface area contributed by atoms with Crippen molar-refractivity contribution in [2.24, 2.45) is 0 Å². The maximum Gasteiger partial charge on any atom is 0.179 e. The SMILES string of the molecule is C#CCCCNCCS(=O)(=O)c1ccc(C#N)cc1. The van der Waals surface area contributed by atoms with Gasteiger partial charge in [-0.05, 0) is 37.2 Å². The zero-order valence-corrected chi connectivity index (χ0v) is 11.4. The summed E-state index contributed by atoms with van der Waals surface area (Å²) in [6.07, 6.45) is 6.65. The molecule has 0 saturated carbocycles. The van der Waals surface area contributed by atoms with E-state index in [0.717, 1.165) is 6.42 Å². The summed E-state index contributed by atoms with van der Waals surface area (Å²) in [5.74, 6) is 2.56. The van der Waals surface area contributed by atoms with Gasteiger partial charge < -0.3 is 5.32 Å². The summed E-state index contributed by atoms with van der Waals surface area (Å²) in [6.45, 7) is 1.11. The first-order valence-corrected chi connectivity index (χ1v) is 7.62. The molecular formula is C14H16N2O2S. The van der Waals surface area contributed by atoms with Crippen molar-refractivity contribution in [1.82, 2.24) is 5.32 Å². The molecule has 1 rings (SSSR count). The third-order valence-corrected chi connectivity index (χ3v) is 4.30. The molecule has 0 fully saturated rings. The van der Waals surface area contributed by atoms with E-state index in [1.54, 1.807) is 0 Å². The van der Waals surface area contributed by atoms with Gasteiger partial charge in [-0.2, -0.15) is 5.26 Å². The Balaban J connectivity index is 2.47. The lowest BCUT2D eigenvalue weighted by atomic mass is 10.2. The molecule has 0 heterocycles. The molecule has 0 aliphatic rings. The minimum atomic E-state index is -3.29. The number of nitrogens with zero attached hydrogens (tertiary/aromatic N) is 1. The molecule has 0 aromatic heterocycles. The monoisotopic (exact) mass is 276 g/mol. The standard InChI is InChI=1S/C14H16N2O2S/c1-2-3-4-9-16-10-11-19(17,18)14-7-5-13(12-15)6-8-14/h1,5-8,16H,3-4,9-11H2. The Morgan fingerprint density at radius 1 is 1.21 bits per heavy atom. The molecule has 1 aromatic carbocycles. The van der Waals surface area contributed by atoms with Crippen LogP contribution in [0.5, 0.6) is 0 Å². The second kappa shape index (κ2) is 7.58. The number of hydrogen-bond donors (Lipinski definition) is 1. The Labute approximate surface area is 114 Å². The van der Waals surface area contributed by atoms with E-state index in [4.69, 9.17) is 11.7 Å². The second-order valence-corrected chi connectivity index (χ2v) is 6.12. The Hall–Kier alpha value is -1.82. The summed E-state index contributed by atoms with van der Waals surface area (Å²) < 4.78 is 23.9. The van der Waals surface area contributed by atoms with E-state index in [-0.39, 0.29) is 10.6 Å². The first-order chi connectivity index (χ1) is 9.10. The van der Waals surface area contributed by atoms with Gasteiger partial charge in [-0.25, -0.2) is 8.42 Å². The average molecular weight is 276 g/mol. The van der Waals surface area contributed by atoms with Crippen molar-refractivity contribution in [3.05, 3.63) is 29.8 Å². The Morgan fingerprint density at radius 2 is 1.89 bits per heavy atom. The smallest absolute Gasteiger partial charge is 0.179 e. The lowest BCUT2D eigenvalue weighted by Gasteiger charge is -2.05. The molecule has 0 atom stereocenters. The molecule has 0 radical (unpaired) electrons. The van der Waals surface area contributed by atoms with Gasteiger partial charge in [0.1, 0.15) is 0 Å². The van der Waals surface area contributed by atoms with Gasteiger partial charge in [-0.15, -0.1) is 12.3 Å². The van der Waals surface area contributed by atoms with E-state index < -0.39 is 9.84 Å². The van der Waals surface area contributed by atoms with Crippen LogP contribution in [0.25, 0.3) is 0 Å². The van der Waals surface area contributed by atoms with Crippen molar-refractivity contribution >= 4 is 9.84 Å². The van der Waals surface area contributed by atoms with Gasteiger partial charge in [0.25, 0.3) is 0 Å². The molecule has 4 nitrogen and oxygen atoms in total. The van der Waals surface area contributed by atoms with Crippen LogP contribution in [0.4, 0.5) is 0 Å². The highest BCUT2D eigenvalue weighted by Gasteiger charge is 2.13. The van der Waals surface area contributed by atoms with Crippen LogP contribution in [-0.4, -0.2) is 27.3 Å². The molecule has 0 aliphatic carbocycles. The summed E-state index contributed by atoms with van der Waals surface area (Å²) in [5, 5.41) is 11.7. The quantitative estimate of drug-likeness (QED) is 0.602. The largest absolute Gasteiger partial charge is 0.316 e. The number of terminal acetylenes is 1. The van der Waals surface area contributed by atoms with E-state index in [0.29, 0.717) is 25.1 Å². The highest BCUT2D eigenvalue weighted by atomic mass is 32.2. The summed E-state index contributed by atoms with van der Waals surface area (Å²) in [4.78, 5) is 0.247. The van der Waals surface area contributed by atoms with Gasteiger partial charge in [0.2, 0.25) is 0 Å². The van der Waals surface area contributed by atoms with Crippen molar-refractivity contribution < 1.29 is 8.42 Å². The van der Waals surface area contributed by atoms with E-state index in [1.165, 1.54) is 24.3 Å². The van der Waals surface area contributed by atoms with Gasteiger partial charge in [0, 0.05) is 13.0 Å². The van der Waals surface area contributed by atoms with E-state index in [1.807, 2.05) is 6.07 Å². The van der Waals surface area contributed by atoms with Crippen LogP contribution < -0.4 is 5.32 Å². The molecule has 19 heavy (non-hydrogen) atoms. The minimum absolute atomic E-state index is 0.0367. The summed E-state index contributed by atoms with van der Waals surface area (Å²) in [6, 6.07) is 7.90. The van der Waals surface area contributed by atoms with Gasteiger partial charge in [0.05, 0.1) is 22.3 Å². The fourth-order valence-electron chi connectivity index (χ4n) is 1.50. The number of nitrogens with one attached hydrogen (secondary N) is 1. The van der Waals surface area contributed by atoms with Crippen molar-refractivity contribution in [3.63, 3.8) is 0 Å². The predicted octanol–water partition coefficient (Wildman–Crippen LogP) is 1.33. The number of benzene rings is 1. The zero-order valence-electron chi connectivity index (χ0n) is 10.6. The third kappa shape index (κ3) is 5.13. The van der Waals surface area contributed by atoms with Gasteiger partial charge in [0.15, 0.2) is 9.84 Å². The molecule has 1 N–H and O–H groups in total. The molecule has 0 bridgehead atoms. The first-order valence-electron chi connectivity index (χ1n) is 5.97. The number of hydrogen-bond acceptors (Lipinski definition) is 4. The Morgan fingerprint density at radius 3 is 2.47 bits per heavy atom. The maximum absolute atomic E-state index is 12.0. The number of unbranched alkanes of at least 4 members (excludes halogenated alkanes) is 1. The van der Waals surface area contributed by atoms with Crippen LogP contribution in [0.2, 0.25) is 0 Å². The normalized spacial score (nSPS) is 10.6. The Bertz CT molecular complexity index is 577. The molecule has 1 aromatic rings. The third-order valence-electron chi connectivity index (χ3n) is 2.56. The highest BCUT2D eigenvalue weighted by Crippen LogP contribution is 2.11. The molecule has 0 amide bonds. The van der Waals surface area contributed by atoms with E-state index >= 15 is 0 Å². The van der Waals surface area contributed by atoms with Crippen LogP contribution in [0, 0.1) is 23.7 Å². The fourth-order valence-corrected chi connectivity index (χ4v) is 2.70. The lowest BCUT2D eigenvalue weighted by molar-refractivity contribution is 0.589. The molecule has 0 saturated heterocycles. The Kier molecular flexibility index (Phi) is 6.08. The van der Waals surface area contributed by atoms with Crippen molar-refractivity contribution in [2.45, 2.75) is 17.7 Å². The molecule has 100 valence electrons. The molecule has 0 unspecified atom stereocenters. The van der Waals surface area contributed by atoms with Gasteiger partial charge >= 0.3 is 0 Å². The maximum atomic E-state index is 12.0. The number of nitriles is 1. The average Bonchev–Trinajstić information content (AvgIpc) is 2.43. The number of rotatable bonds is 7. The van der Waals surface area contributed by atoms with Crippen molar-refractivity contribution in [1.29, 1.82) is 5.26 Å². The van der Waals surface area contributed by atoms with E-state index in [2.05, 4.69) is 11.2 Å². The summed E-state index contributed by atoms with van der Waals surface area (Å²) >= 11 is 0. The first kappa shape index (κ1) is 15.2. The lowest BCUT2D eigenvalue weighted by Crippen LogP contribution is -2.24. The van der Waals surface area contributed by atoms with Gasteiger partial charge in [-0.1, -0.05) is 0 Å². The predicted molar refractivity (Wildman–Crippen MR) is 74.1 cm³/mol. The van der Waals surface area contributed by atoms with Crippen LogP contribution in [0.3, 0.4) is 0 Å².